The molecule has 1 aliphatic heterocycles. The third-order valence-corrected chi connectivity index (χ3v) is 12.8. The molecule has 4 aromatic heterocycles. The predicted octanol–water partition coefficient (Wildman–Crippen LogP) is 4.39. The number of aromatic nitrogens is 7. The van der Waals surface area contributed by atoms with Crippen LogP contribution >= 0.6 is 11.6 Å². The maximum Gasteiger partial charge on any atom is 0.416 e. The highest BCUT2D eigenvalue weighted by molar-refractivity contribution is 7.92. The van der Waals surface area contributed by atoms with Crippen LogP contribution in [0, 0.1) is 6.92 Å². The SMILES string of the molecule is CCc1c(N2CCN(C(=O)c3nc4ccnn4c(C)c3O)CC2)c(=O)n2nc(-c3ccc(S(=O)(=O)C4CC4)cc3)nc2n1CC(=O)Nc1ccc(C(F)(F)F)cc1Cl. The zero-order valence-corrected chi connectivity index (χ0v) is 32.4. The minimum atomic E-state index is -4.65. The summed E-state index contributed by atoms with van der Waals surface area (Å²) in [5.41, 5.74) is -0.0653. The number of aromatic hydroxyl groups is 1. The molecule has 1 saturated carbocycles. The highest BCUT2D eigenvalue weighted by Crippen LogP contribution is 2.35. The summed E-state index contributed by atoms with van der Waals surface area (Å²) in [6.07, 6.45) is -1.74. The molecule has 2 N–H and O–H groups in total. The Bertz CT molecular complexity index is 2810. The fraction of sp³-hybridized carbons (Fsp3) is 0.324. The molecule has 0 unspecified atom stereocenters. The summed E-state index contributed by atoms with van der Waals surface area (Å²) in [7, 11) is -3.48. The van der Waals surface area contributed by atoms with Crippen molar-refractivity contribution >= 4 is 56.1 Å². The van der Waals surface area contributed by atoms with Gasteiger partial charge in [0.1, 0.15) is 12.2 Å². The molecular weight excluding hydrogens is 805 g/mol. The number of aryl methyl sites for hydroxylation is 1. The lowest BCUT2D eigenvalue weighted by atomic mass is 10.2. The summed E-state index contributed by atoms with van der Waals surface area (Å²) in [5, 5.41) is 21.2. The number of nitrogens with one attached hydrogen (secondary N) is 1. The first-order chi connectivity index (χ1) is 27.6. The van der Waals surface area contributed by atoms with Crippen LogP contribution in [0.5, 0.6) is 5.75 Å². The molecule has 2 amide bonds. The molecule has 0 bridgehead atoms. The number of piperazine rings is 1. The van der Waals surface area contributed by atoms with Crippen LogP contribution in [0.4, 0.5) is 24.5 Å². The Morgan fingerprint density at radius 3 is 2.34 bits per heavy atom. The first kappa shape index (κ1) is 38.8. The molecule has 2 fully saturated rings. The van der Waals surface area contributed by atoms with Crippen LogP contribution in [0.15, 0.2) is 64.4 Å². The third-order valence-electron chi connectivity index (χ3n) is 10.3. The van der Waals surface area contributed by atoms with E-state index in [1.54, 1.807) is 24.8 Å². The van der Waals surface area contributed by atoms with Crippen LogP contribution in [0.1, 0.15) is 47.2 Å². The van der Waals surface area contributed by atoms with E-state index in [4.69, 9.17) is 11.6 Å². The lowest BCUT2D eigenvalue weighted by Crippen LogP contribution is -2.51. The summed E-state index contributed by atoms with van der Waals surface area (Å²) < 4.78 is 69.5. The van der Waals surface area contributed by atoms with Crippen molar-refractivity contribution in [2.45, 2.75) is 56.0 Å². The van der Waals surface area contributed by atoms with E-state index in [2.05, 4.69) is 25.5 Å². The fourth-order valence-electron chi connectivity index (χ4n) is 7.05. The number of anilines is 2. The van der Waals surface area contributed by atoms with Gasteiger partial charge in [0.05, 0.1) is 44.0 Å². The van der Waals surface area contributed by atoms with Gasteiger partial charge in [0, 0.05) is 37.8 Å². The minimum Gasteiger partial charge on any atom is -0.504 e. The van der Waals surface area contributed by atoms with Crippen molar-refractivity contribution in [1.29, 1.82) is 0 Å². The van der Waals surface area contributed by atoms with Gasteiger partial charge in [-0.3, -0.25) is 14.4 Å². The highest BCUT2D eigenvalue weighted by atomic mass is 35.5. The highest BCUT2D eigenvalue weighted by Gasteiger charge is 2.37. The summed E-state index contributed by atoms with van der Waals surface area (Å²) in [4.78, 5) is 54.1. The number of halogens is 4. The quantitative estimate of drug-likeness (QED) is 0.210. The normalized spacial score (nSPS) is 15.1. The average Bonchev–Trinajstić information content (AvgIpc) is 3.80. The van der Waals surface area contributed by atoms with Crippen molar-refractivity contribution < 1.29 is 36.3 Å². The second-order valence-corrected chi connectivity index (χ2v) is 16.6. The molecule has 1 aliphatic carbocycles. The van der Waals surface area contributed by atoms with Crippen molar-refractivity contribution in [3.63, 3.8) is 0 Å². The molecule has 5 heterocycles. The predicted molar refractivity (Wildman–Crippen MR) is 205 cm³/mol. The molecule has 0 spiro atoms. The Morgan fingerprint density at radius 1 is 1.00 bits per heavy atom. The Morgan fingerprint density at radius 2 is 1.71 bits per heavy atom. The number of fused-ring (bicyclic) bond motifs is 2. The number of carbonyl (C=O) groups excluding carboxylic acids is 2. The van der Waals surface area contributed by atoms with Crippen LogP contribution in [-0.2, 0) is 33.8 Å². The smallest absolute Gasteiger partial charge is 0.416 e. The Labute approximate surface area is 332 Å². The Balaban J connectivity index is 1.14. The van der Waals surface area contributed by atoms with Crippen molar-refractivity contribution in [3.8, 4) is 17.1 Å². The maximum atomic E-state index is 14.4. The third kappa shape index (κ3) is 6.88. The lowest BCUT2D eigenvalue weighted by molar-refractivity contribution is -0.137. The molecule has 0 atom stereocenters. The zero-order valence-electron chi connectivity index (χ0n) is 30.9. The number of benzene rings is 2. The van der Waals surface area contributed by atoms with Crippen LogP contribution in [0.25, 0.3) is 22.8 Å². The van der Waals surface area contributed by atoms with E-state index >= 15 is 0 Å². The van der Waals surface area contributed by atoms with Crippen molar-refractivity contribution in [2.75, 3.05) is 36.4 Å². The summed E-state index contributed by atoms with van der Waals surface area (Å²) >= 11 is 6.14. The van der Waals surface area contributed by atoms with E-state index in [9.17, 15) is 41.1 Å². The molecule has 21 heteroatoms. The molecular formula is C37H34ClF3N10O6S. The Hall–Kier alpha value is -6.02. The number of carbonyl (C=O) groups is 2. The van der Waals surface area contributed by atoms with Crippen LogP contribution in [-0.4, -0.2) is 95.4 Å². The molecule has 302 valence electrons. The van der Waals surface area contributed by atoms with Crippen molar-refractivity contribution in [2.24, 2.45) is 0 Å². The molecule has 16 nitrogen and oxygen atoms in total. The summed E-state index contributed by atoms with van der Waals surface area (Å²) in [6, 6.07) is 10.1. The van der Waals surface area contributed by atoms with Gasteiger partial charge in [0.25, 0.3) is 11.5 Å². The maximum absolute atomic E-state index is 14.4. The number of sulfone groups is 1. The lowest BCUT2D eigenvalue weighted by Gasteiger charge is -2.36. The fourth-order valence-corrected chi connectivity index (χ4v) is 8.94. The van der Waals surface area contributed by atoms with E-state index in [0.717, 1.165) is 16.6 Å². The second-order valence-electron chi connectivity index (χ2n) is 14.0. The van der Waals surface area contributed by atoms with Crippen LogP contribution in [0.3, 0.4) is 0 Å². The van der Waals surface area contributed by atoms with E-state index in [-0.39, 0.29) is 76.9 Å². The van der Waals surface area contributed by atoms with Gasteiger partial charge in [0.15, 0.2) is 32.8 Å². The van der Waals surface area contributed by atoms with E-state index in [1.165, 1.54) is 44.4 Å². The van der Waals surface area contributed by atoms with Gasteiger partial charge in [-0.15, -0.1) is 5.10 Å². The van der Waals surface area contributed by atoms with Crippen LogP contribution < -0.4 is 15.8 Å². The van der Waals surface area contributed by atoms with Gasteiger partial charge in [-0.25, -0.2) is 17.9 Å². The number of rotatable bonds is 9. The van der Waals surface area contributed by atoms with E-state index in [1.807, 2.05) is 0 Å². The number of alkyl halides is 3. The van der Waals surface area contributed by atoms with Crippen molar-refractivity contribution in [1.82, 2.24) is 38.7 Å². The first-order valence-electron chi connectivity index (χ1n) is 18.2. The van der Waals surface area contributed by atoms with Gasteiger partial charge in [-0.2, -0.15) is 27.8 Å². The average molecular weight is 839 g/mol. The summed E-state index contributed by atoms with van der Waals surface area (Å²) in [5.74, 6) is -1.46. The molecule has 58 heavy (non-hydrogen) atoms. The number of nitrogens with zero attached hydrogens (tertiary/aromatic N) is 9. The van der Waals surface area contributed by atoms with E-state index in [0.29, 0.717) is 41.5 Å². The first-order valence-corrected chi connectivity index (χ1v) is 20.1. The Kier molecular flexibility index (Phi) is 9.65. The molecule has 6 aromatic rings. The van der Waals surface area contributed by atoms with Gasteiger partial charge in [-0.05, 0) is 68.7 Å². The van der Waals surface area contributed by atoms with Crippen LogP contribution in [0.2, 0.25) is 5.02 Å². The molecule has 0 radical (unpaired) electrons. The molecule has 8 rings (SSSR count). The number of amides is 2. The zero-order chi connectivity index (χ0) is 41.3. The molecule has 1 saturated heterocycles. The number of hydrogen-bond donors (Lipinski definition) is 2. The minimum absolute atomic E-state index is 0.0232. The standard InChI is InChI=1S/C37H34ClF3N10O6S/c1-3-27-31(47-14-16-48(17-15-47)34(54)30-32(53)20(2)50-28(44-30)12-13-42-50)35(55)51-36(45-33(46-51)21-4-7-23(8-5-21)58(56,57)24-9-10-24)49(27)19-29(52)43-26-11-6-22(18-25(26)38)37(39,40)41/h4-8,11-13,18,24,53H,3,9-10,14-17,19H2,1-2H3,(H,43,52). The van der Waals surface area contributed by atoms with E-state index < -0.39 is 50.7 Å². The second kappa shape index (κ2) is 14.4. The number of hydrogen-bond acceptors (Lipinski definition) is 11. The van der Waals surface area contributed by atoms with Crippen molar-refractivity contribution in [3.05, 3.63) is 92.7 Å². The topological polar surface area (TPSA) is 189 Å². The van der Waals surface area contributed by atoms with Gasteiger partial charge in [0.2, 0.25) is 11.7 Å². The molecule has 2 aliphatic rings. The van der Waals surface area contributed by atoms with Gasteiger partial charge >= 0.3 is 6.18 Å². The van der Waals surface area contributed by atoms with Gasteiger partial charge in [-0.1, -0.05) is 18.5 Å². The monoisotopic (exact) mass is 838 g/mol. The largest absolute Gasteiger partial charge is 0.504 e. The van der Waals surface area contributed by atoms with Gasteiger partial charge < -0.3 is 24.8 Å². The summed E-state index contributed by atoms with van der Waals surface area (Å²) in [6.45, 7) is 3.52. The molecule has 2 aromatic carbocycles.